The zero-order chi connectivity index (χ0) is 11.5. The van der Waals surface area contributed by atoms with Crippen LogP contribution < -0.4 is 11.1 Å². The van der Waals surface area contributed by atoms with E-state index in [1.807, 2.05) is 0 Å². The van der Waals surface area contributed by atoms with Gasteiger partial charge in [-0.05, 0) is 23.6 Å². The van der Waals surface area contributed by atoms with Crippen LogP contribution in [-0.4, -0.2) is 11.0 Å². The monoisotopic (exact) mass is 234 g/mol. The van der Waals surface area contributed by atoms with Crippen molar-refractivity contribution in [1.82, 2.24) is 0 Å². The molecule has 4 nitrogen and oxygen atoms in total. The van der Waals surface area contributed by atoms with Crippen LogP contribution in [-0.2, 0) is 0 Å². The number of phenolic OH excluding ortho intramolecular Hbond substituents is 1. The maximum absolute atomic E-state index is 11.7. The fraction of sp³-hybridized carbons (Fsp3) is 0. The van der Waals surface area contributed by atoms with Crippen LogP contribution in [0.1, 0.15) is 9.67 Å². The van der Waals surface area contributed by atoms with Crippen LogP contribution in [0.15, 0.2) is 35.7 Å². The predicted molar refractivity (Wildman–Crippen MR) is 64.8 cm³/mol. The summed E-state index contributed by atoms with van der Waals surface area (Å²) in [5, 5.41) is 13.7. The van der Waals surface area contributed by atoms with Gasteiger partial charge in [-0.2, -0.15) is 0 Å². The maximum atomic E-state index is 11.7. The van der Waals surface area contributed by atoms with Crippen LogP contribution in [0.2, 0.25) is 0 Å². The van der Waals surface area contributed by atoms with Crippen LogP contribution in [0, 0.1) is 0 Å². The molecule has 2 rings (SSSR count). The van der Waals surface area contributed by atoms with Crippen molar-refractivity contribution in [2.24, 2.45) is 0 Å². The van der Waals surface area contributed by atoms with E-state index in [0.29, 0.717) is 16.3 Å². The number of amides is 1. The average Bonchev–Trinajstić information content (AvgIpc) is 2.64. The minimum atomic E-state index is -0.266. The fourth-order valence-corrected chi connectivity index (χ4v) is 1.99. The molecule has 0 fully saturated rings. The second-order valence-corrected chi connectivity index (χ2v) is 4.13. The van der Waals surface area contributed by atoms with Gasteiger partial charge in [0, 0.05) is 11.8 Å². The molecule has 1 aromatic carbocycles. The number of hydrogen-bond acceptors (Lipinski definition) is 4. The number of phenols is 1. The molecule has 0 saturated heterocycles. The van der Waals surface area contributed by atoms with Gasteiger partial charge in [0.1, 0.15) is 10.6 Å². The Morgan fingerprint density at radius 3 is 2.81 bits per heavy atom. The van der Waals surface area contributed by atoms with E-state index in [9.17, 15) is 9.90 Å². The lowest BCUT2D eigenvalue weighted by molar-refractivity contribution is 0.103. The van der Waals surface area contributed by atoms with Crippen molar-refractivity contribution in [3.8, 4) is 5.75 Å². The number of nitrogens with two attached hydrogens (primary N) is 1. The first-order valence-corrected chi connectivity index (χ1v) is 5.48. The van der Waals surface area contributed by atoms with E-state index >= 15 is 0 Å². The summed E-state index contributed by atoms with van der Waals surface area (Å²) >= 11 is 1.28. The number of hydrogen-bond donors (Lipinski definition) is 3. The average molecular weight is 234 g/mol. The number of anilines is 2. The molecule has 0 aliphatic rings. The molecule has 0 saturated carbocycles. The summed E-state index contributed by atoms with van der Waals surface area (Å²) in [7, 11) is 0. The van der Waals surface area contributed by atoms with E-state index in [0.717, 1.165) is 0 Å². The largest absolute Gasteiger partial charge is 0.508 e. The normalized spacial score (nSPS) is 10.0. The van der Waals surface area contributed by atoms with E-state index < -0.39 is 0 Å². The lowest BCUT2D eigenvalue weighted by atomic mass is 10.3. The molecule has 0 aliphatic heterocycles. The molecule has 0 unspecified atom stereocenters. The second-order valence-electron chi connectivity index (χ2n) is 3.21. The highest BCUT2D eigenvalue weighted by molar-refractivity contribution is 7.12. The van der Waals surface area contributed by atoms with Crippen molar-refractivity contribution < 1.29 is 9.90 Å². The van der Waals surface area contributed by atoms with E-state index in [1.165, 1.54) is 23.5 Å². The minimum Gasteiger partial charge on any atom is -0.508 e. The Morgan fingerprint density at radius 1 is 1.38 bits per heavy atom. The van der Waals surface area contributed by atoms with Gasteiger partial charge >= 0.3 is 0 Å². The zero-order valence-corrected chi connectivity index (χ0v) is 9.12. The van der Waals surface area contributed by atoms with Crippen LogP contribution in [0.3, 0.4) is 0 Å². The standard InChI is InChI=1S/C11H10N2O2S/c12-9-4-5-16-10(9)11(15)13-7-2-1-3-8(14)6-7/h1-6,14H,12H2,(H,13,15). The van der Waals surface area contributed by atoms with Gasteiger partial charge in [0.15, 0.2) is 0 Å². The van der Waals surface area contributed by atoms with Gasteiger partial charge in [0.25, 0.3) is 5.91 Å². The number of rotatable bonds is 2. The quantitative estimate of drug-likeness (QED) is 0.746. The first-order valence-electron chi connectivity index (χ1n) is 4.60. The molecule has 4 N–H and O–H groups in total. The molecular weight excluding hydrogens is 224 g/mol. The highest BCUT2D eigenvalue weighted by atomic mass is 32.1. The van der Waals surface area contributed by atoms with Crippen molar-refractivity contribution in [2.75, 3.05) is 11.1 Å². The third kappa shape index (κ3) is 2.14. The van der Waals surface area contributed by atoms with Crippen molar-refractivity contribution >= 4 is 28.6 Å². The molecule has 0 aliphatic carbocycles. The van der Waals surface area contributed by atoms with E-state index in [4.69, 9.17) is 5.73 Å². The summed E-state index contributed by atoms with van der Waals surface area (Å²) in [6.45, 7) is 0. The van der Waals surface area contributed by atoms with E-state index in [-0.39, 0.29) is 11.7 Å². The summed E-state index contributed by atoms with van der Waals surface area (Å²) in [5.41, 5.74) is 6.63. The van der Waals surface area contributed by atoms with Gasteiger partial charge in [-0.15, -0.1) is 11.3 Å². The summed E-state index contributed by atoms with van der Waals surface area (Å²) in [4.78, 5) is 12.2. The molecule has 0 spiro atoms. The lowest BCUT2D eigenvalue weighted by Crippen LogP contribution is -2.11. The molecule has 1 amide bonds. The molecule has 2 aromatic rings. The highest BCUT2D eigenvalue weighted by Gasteiger charge is 2.11. The van der Waals surface area contributed by atoms with Gasteiger partial charge < -0.3 is 16.2 Å². The number of nitrogens with one attached hydrogen (secondary N) is 1. The predicted octanol–water partition coefficient (Wildman–Crippen LogP) is 2.29. The molecule has 1 heterocycles. The molecule has 1 aromatic heterocycles. The smallest absolute Gasteiger partial charge is 0.267 e. The number of benzene rings is 1. The summed E-state index contributed by atoms with van der Waals surface area (Å²) in [5.74, 6) is -0.157. The number of nitrogen functional groups attached to an aromatic ring is 1. The Bertz CT molecular complexity index is 522. The maximum Gasteiger partial charge on any atom is 0.267 e. The van der Waals surface area contributed by atoms with E-state index in [2.05, 4.69) is 5.32 Å². The van der Waals surface area contributed by atoms with Crippen molar-refractivity contribution in [2.45, 2.75) is 0 Å². The zero-order valence-electron chi connectivity index (χ0n) is 8.31. The fourth-order valence-electron chi connectivity index (χ4n) is 1.28. The first-order chi connectivity index (χ1) is 7.66. The Kier molecular flexibility index (Phi) is 2.78. The lowest BCUT2D eigenvalue weighted by Gasteiger charge is -2.04. The van der Waals surface area contributed by atoms with Gasteiger partial charge in [-0.25, -0.2) is 0 Å². The van der Waals surface area contributed by atoms with Gasteiger partial charge in [-0.3, -0.25) is 4.79 Å². The Hall–Kier alpha value is -2.01. The Balaban J connectivity index is 2.17. The second kappa shape index (κ2) is 4.24. The molecule has 0 atom stereocenters. The number of aromatic hydroxyl groups is 1. The van der Waals surface area contributed by atoms with Crippen LogP contribution >= 0.6 is 11.3 Å². The van der Waals surface area contributed by atoms with Crippen LogP contribution in [0.4, 0.5) is 11.4 Å². The molecule has 5 heteroatoms. The highest BCUT2D eigenvalue weighted by Crippen LogP contribution is 2.21. The van der Waals surface area contributed by atoms with Crippen LogP contribution in [0.25, 0.3) is 0 Å². The van der Waals surface area contributed by atoms with Gasteiger partial charge in [0.05, 0.1) is 5.69 Å². The van der Waals surface area contributed by atoms with E-state index in [1.54, 1.807) is 23.6 Å². The van der Waals surface area contributed by atoms with Gasteiger partial charge in [-0.1, -0.05) is 6.07 Å². The molecule has 0 bridgehead atoms. The number of thiophene rings is 1. The molecule has 16 heavy (non-hydrogen) atoms. The summed E-state index contributed by atoms with van der Waals surface area (Å²) in [6, 6.07) is 8.04. The van der Waals surface area contributed by atoms with Crippen molar-refractivity contribution in [3.05, 3.63) is 40.6 Å². The SMILES string of the molecule is Nc1ccsc1C(=O)Nc1cccc(O)c1. The van der Waals surface area contributed by atoms with Crippen LogP contribution in [0.5, 0.6) is 5.75 Å². The van der Waals surface area contributed by atoms with Gasteiger partial charge in [0.2, 0.25) is 0 Å². The number of carbonyl (C=O) groups excluding carboxylic acids is 1. The summed E-state index contributed by atoms with van der Waals surface area (Å²) in [6.07, 6.45) is 0. The van der Waals surface area contributed by atoms with Crippen molar-refractivity contribution in [1.29, 1.82) is 0 Å². The molecular formula is C11H10N2O2S. The summed E-state index contributed by atoms with van der Waals surface area (Å²) < 4.78 is 0. The third-order valence-corrected chi connectivity index (χ3v) is 2.93. The first kappa shape index (κ1) is 10.5. The molecule has 0 radical (unpaired) electrons. The number of carbonyl (C=O) groups is 1. The Morgan fingerprint density at radius 2 is 2.19 bits per heavy atom. The Labute approximate surface area is 96.3 Å². The topological polar surface area (TPSA) is 75.4 Å². The molecule has 82 valence electrons. The minimum absolute atomic E-state index is 0.108. The third-order valence-electron chi connectivity index (χ3n) is 2.01. The van der Waals surface area contributed by atoms with Crippen molar-refractivity contribution in [3.63, 3.8) is 0 Å².